The van der Waals surface area contributed by atoms with Gasteiger partial charge in [-0.05, 0) is 25.1 Å². The number of aromatic nitrogens is 2. The van der Waals surface area contributed by atoms with Gasteiger partial charge in [0, 0.05) is 5.92 Å². The minimum atomic E-state index is -0.296. The molecule has 0 spiro atoms. The first-order valence-electron chi connectivity index (χ1n) is 5.78. The number of H-pyrrole nitrogens is 1. The monoisotopic (exact) mass is 232 g/mol. The summed E-state index contributed by atoms with van der Waals surface area (Å²) in [5, 5.41) is 0. The molecule has 0 unspecified atom stereocenters. The fraction of sp³-hybridized carbons (Fsp3) is 0.385. The van der Waals surface area contributed by atoms with Crippen molar-refractivity contribution >= 4 is 17.0 Å². The molecule has 0 saturated heterocycles. The number of fused-ring (bicyclic) bond motifs is 1. The molecule has 0 aliphatic heterocycles. The van der Waals surface area contributed by atoms with E-state index in [4.69, 9.17) is 4.74 Å². The van der Waals surface area contributed by atoms with Crippen LogP contribution in [-0.2, 0) is 4.74 Å². The highest BCUT2D eigenvalue weighted by Crippen LogP contribution is 2.18. The summed E-state index contributed by atoms with van der Waals surface area (Å²) < 4.78 is 4.96. The molecule has 0 saturated carbocycles. The molecule has 0 bridgehead atoms. The van der Waals surface area contributed by atoms with Gasteiger partial charge in [-0.2, -0.15) is 0 Å². The third-order valence-electron chi connectivity index (χ3n) is 2.56. The summed E-state index contributed by atoms with van der Waals surface area (Å²) in [4.78, 5) is 19.2. The molecular weight excluding hydrogens is 216 g/mol. The van der Waals surface area contributed by atoms with Gasteiger partial charge in [0.1, 0.15) is 5.82 Å². The second kappa shape index (κ2) is 4.57. The summed E-state index contributed by atoms with van der Waals surface area (Å²) in [5.41, 5.74) is 2.30. The highest BCUT2D eigenvalue weighted by Gasteiger charge is 2.10. The Morgan fingerprint density at radius 3 is 2.88 bits per heavy atom. The SMILES string of the molecule is CCOC(=O)c1ccc2nc(C(C)C)[nH]c2c1. The maximum Gasteiger partial charge on any atom is 0.338 e. The van der Waals surface area contributed by atoms with E-state index in [1.807, 2.05) is 6.07 Å². The minimum absolute atomic E-state index is 0.296. The molecule has 4 heteroatoms. The van der Waals surface area contributed by atoms with Crippen LogP contribution >= 0.6 is 0 Å². The number of hydrogen-bond donors (Lipinski definition) is 1. The number of nitrogens with one attached hydrogen (secondary N) is 1. The molecule has 2 rings (SSSR count). The van der Waals surface area contributed by atoms with Gasteiger partial charge >= 0.3 is 5.97 Å². The second-order valence-corrected chi connectivity index (χ2v) is 4.23. The predicted molar refractivity (Wildman–Crippen MR) is 66.1 cm³/mol. The zero-order valence-corrected chi connectivity index (χ0v) is 10.3. The number of aromatic amines is 1. The van der Waals surface area contributed by atoms with Crippen LogP contribution in [0.3, 0.4) is 0 Å². The Balaban J connectivity index is 2.40. The van der Waals surface area contributed by atoms with Crippen molar-refractivity contribution < 1.29 is 9.53 Å². The highest BCUT2D eigenvalue weighted by atomic mass is 16.5. The van der Waals surface area contributed by atoms with Crippen LogP contribution < -0.4 is 0 Å². The van der Waals surface area contributed by atoms with E-state index in [2.05, 4.69) is 23.8 Å². The van der Waals surface area contributed by atoms with Gasteiger partial charge in [-0.1, -0.05) is 13.8 Å². The summed E-state index contributed by atoms with van der Waals surface area (Å²) in [6, 6.07) is 5.36. The molecule has 1 aromatic heterocycles. The van der Waals surface area contributed by atoms with Crippen molar-refractivity contribution in [3.8, 4) is 0 Å². The van der Waals surface area contributed by atoms with Crippen LogP contribution in [0, 0.1) is 0 Å². The van der Waals surface area contributed by atoms with Gasteiger partial charge in [-0.25, -0.2) is 9.78 Å². The average molecular weight is 232 g/mol. The number of imidazole rings is 1. The van der Waals surface area contributed by atoms with Crippen LogP contribution in [0.15, 0.2) is 18.2 Å². The molecule has 17 heavy (non-hydrogen) atoms. The third kappa shape index (κ3) is 2.30. The third-order valence-corrected chi connectivity index (χ3v) is 2.56. The van der Waals surface area contributed by atoms with Crippen LogP contribution in [0.5, 0.6) is 0 Å². The van der Waals surface area contributed by atoms with Crippen LogP contribution in [0.25, 0.3) is 11.0 Å². The van der Waals surface area contributed by atoms with Gasteiger partial charge in [-0.15, -0.1) is 0 Å². The zero-order chi connectivity index (χ0) is 12.4. The molecule has 0 amide bonds. The Bertz CT molecular complexity index is 543. The molecule has 0 fully saturated rings. The van der Waals surface area contributed by atoms with Crippen molar-refractivity contribution in [2.24, 2.45) is 0 Å². The van der Waals surface area contributed by atoms with Crippen molar-refractivity contribution in [3.05, 3.63) is 29.6 Å². The lowest BCUT2D eigenvalue weighted by Gasteiger charge is -2.00. The van der Waals surface area contributed by atoms with Crippen molar-refractivity contribution in [2.75, 3.05) is 6.61 Å². The first-order valence-corrected chi connectivity index (χ1v) is 5.78. The lowest BCUT2D eigenvalue weighted by molar-refractivity contribution is 0.0526. The van der Waals surface area contributed by atoms with Gasteiger partial charge in [0.2, 0.25) is 0 Å². The molecule has 0 radical (unpaired) electrons. The van der Waals surface area contributed by atoms with Crippen molar-refractivity contribution in [1.82, 2.24) is 9.97 Å². The quantitative estimate of drug-likeness (QED) is 0.828. The predicted octanol–water partition coefficient (Wildman–Crippen LogP) is 2.86. The maximum atomic E-state index is 11.6. The number of hydrogen-bond acceptors (Lipinski definition) is 3. The summed E-state index contributed by atoms with van der Waals surface area (Å²) in [6.07, 6.45) is 0. The van der Waals surface area contributed by atoms with Crippen molar-refractivity contribution in [1.29, 1.82) is 0 Å². The number of ether oxygens (including phenoxy) is 1. The van der Waals surface area contributed by atoms with Gasteiger partial charge in [0.25, 0.3) is 0 Å². The molecule has 1 aromatic carbocycles. The van der Waals surface area contributed by atoms with Crippen LogP contribution in [0.4, 0.5) is 0 Å². The number of esters is 1. The fourth-order valence-corrected chi connectivity index (χ4v) is 1.64. The smallest absolute Gasteiger partial charge is 0.338 e. The molecule has 4 nitrogen and oxygen atoms in total. The van der Waals surface area contributed by atoms with Crippen LogP contribution in [0.1, 0.15) is 42.9 Å². The van der Waals surface area contributed by atoms with E-state index in [1.54, 1.807) is 19.1 Å². The standard InChI is InChI=1S/C13H16N2O2/c1-4-17-13(16)9-5-6-10-11(7-9)15-12(14-10)8(2)3/h5-8H,4H2,1-3H3,(H,14,15). The molecule has 90 valence electrons. The van der Waals surface area contributed by atoms with Gasteiger partial charge < -0.3 is 9.72 Å². The van der Waals surface area contributed by atoms with Crippen molar-refractivity contribution in [3.63, 3.8) is 0 Å². The van der Waals surface area contributed by atoms with Gasteiger partial charge in [0.15, 0.2) is 0 Å². The van der Waals surface area contributed by atoms with E-state index >= 15 is 0 Å². The first-order chi connectivity index (χ1) is 8.11. The maximum absolute atomic E-state index is 11.6. The lowest BCUT2D eigenvalue weighted by atomic mass is 10.2. The highest BCUT2D eigenvalue weighted by molar-refractivity contribution is 5.93. The number of carbonyl (C=O) groups is 1. The molecule has 0 atom stereocenters. The molecule has 1 heterocycles. The minimum Gasteiger partial charge on any atom is -0.462 e. The molecule has 0 aliphatic carbocycles. The number of carbonyl (C=O) groups excluding carboxylic acids is 1. The van der Waals surface area contributed by atoms with E-state index in [0.29, 0.717) is 18.1 Å². The van der Waals surface area contributed by atoms with Crippen LogP contribution in [0.2, 0.25) is 0 Å². The van der Waals surface area contributed by atoms with E-state index < -0.39 is 0 Å². The Labute approximate surface area is 100 Å². The van der Waals surface area contributed by atoms with Crippen LogP contribution in [-0.4, -0.2) is 22.5 Å². The first kappa shape index (κ1) is 11.6. The fourth-order valence-electron chi connectivity index (χ4n) is 1.64. The molecule has 2 aromatic rings. The van der Waals surface area contributed by atoms with E-state index in [-0.39, 0.29) is 5.97 Å². The molecular formula is C13H16N2O2. The van der Waals surface area contributed by atoms with E-state index in [1.165, 1.54) is 0 Å². The van der Waals surface area contributed by atoms with E-state index in [9.17, 15) is 4.79 Å². The average Bonchev–Trinajstić information content (AvgIpc) is 2.71. The Morgan fingerprint density at radius 2 is 2.24 bits per heavy atom. The topological polar surface area (TPSA) is 55.0 Å². The lowest BCUT2D eigenvalue weighted by Crippen LogP contribution is -2.04. The Morgan fingerprint density at radius 1 is 1.47 bits per heavy atom. The summed E-state index contributed by atoms with van der Waals surface area (Å²) in [5.74, 6) is 0.976. The van der Waals surface area contributed by atoms with E-state index in [0.717, 1.165) is 16.9 Å². The molecule has 0 aliphatic rings. The summed E-state index contributed by atoms with van der Waals surface area (Å²) in [6.45, 7) is 6.33. The molecule has 1 N–H and O–H groups in total. The van der Waals surface area contributed by atoms with Gasteiger partial charge in [0.05, 0.1) is 23.2 Å². The van der Waals surface area contributed by atoms with Gasteiger partial charge in [-0.3, -0.25) is 0 Å². The Kier molecular flexibility index (Phi) is 3.13. The largest absolute Gasteiger partial charge is 0.462 e. The number of benzene rings is 1. The summed E-state index contributed by atoms with van der Waals surface area (Å²) in [7, 11) is 0. The number of rotatable bonds is 3. The Hall–Kier alpha value is -1.84. The second-order valence-electron chi connectivity index (χ2n) is 4.23. The normalized spacial score (nSPS) is 11.1. The van der Waals surface area contributed by atoms with Crippen molar-refractivity contribution in [2.45, 2.75) is 26.7 Å². The summed E-state index contributed by atoms with van der Waals surface area (Å²) >= 11 is 0. The number of nitrogens with zero attached hydrogens (tertiary/aromatic N) is 1. The zero-order valence-electron chi connectivity index (χ0n) is 10.3.